The maximum atomic E-state index is 4.43. The Bertz CT molecular complexity index is 149. The van der Waals surface area contributed by atoms with Crippen molar-refractivity contribution in [3.8, 4) is 0 Å². The second kappa shape index (κ2) is 7.56. The van der Waals surface area contributed by atoms with Crippen molar-refractivity contribution < 1.29 is 0 Å². The summed E-state index contributed by atoms with van der Waals surface area (Å²) in [6.45, 7) is 3.52. The van der Waals surface area contributed by atoms with E-state index in [1.54, 1.807) is 0 Å². The summed E-state index contributed by atoms with van der Waals surface area (Å²) in [5, 5.41) is 0. The molecule has 0 saturated heterocycles. The Labute approximate surface area is 101 Å². The van der Waals surface area contributed by atoms with Gasteiger partial charge in [0.25, 0.3) is 0 Å². The predicted octanol–water partition coefficient (Wildman–Crippen LogP) is 3.60. The van der Waals surface area contributed by atoms with Crippen molar-refractivity contribution >= 4 is 12.6 Å². The zero-order valence-electron chi connectivity index (χ0n) is 10.4. The zero-order chi connectivity index (χ0) is 11.1. The molecule has 1 unspecified atom stereocenters. The van der Waals surface area contributed by atoms with Gasteiger partial charge in [-0.1, -0.05) is 39.0 Å². The molecule has 0 heterocycles. The highest BCUT2D eigenvalue weighted by atomic mass is 32.1. The molecule has 1 atom stereocenters. The monoisotopic (exact) mass is 229 g/mol. The molecule has 0 bridgehead atoms. The smallest absolute Gasteiger partial charge is 0.00923 e. The molecule has 0 aromatic heterocycles. The Balaban J connectivity index is 2.33. The maximum absolute atomic E-state index is 4.43. The first-order valence-electron chi connectivity index (χ1n) is 6.59. The summed E-state index contributed by atoms with van der Waals surface area (Å²) in [7, 11) is 2.31. The van der Waals surface area contributed by atoms with Gasteiger partial charge in [0, 0.05) is 12.6 Å². The first-order chi connectivity index (χ1) is 7.27. The van der Waals surface area contributed by atoms with Crippen LogP contribution in [0.15, 0.2) is 0 Å². The highest BCUT2D eigenvalue weighted by molar-refractivity contribution is 7.80. The maximum Gasteiger partial charge on any atom is 0.00923 e. The first kappa shape index (κ1) is 13.4. The van der Waals surface area contributed by atoms with Gasteiger partial charge >= 0.3 is 0 Å². The minimum atomic E-state index is 0.779. The van der Waals surface area contributed by atoms with Crippen LogP contribution in [0.1, 0.15) is 51.9 Å². The lowest BCUT2D eigenvalue weighted by molar-refractivity contribution is 0.194. The van der Waals surface area contributed by atoms with Crippen molar-refractivity contribution in [2.45, 2.75) is 57.9 Å². The number of hydrogen-bond donors (Lipinski definition) is 1. The Morgan fingerprint density at radius 1 is 1.20 bits per heavy atom. The van der Waals surface area contributed by atoms with Crippen LogP contribution in [0.25, 0.3) is 0 Å². The highest BCUT2D eigenvalue weighted by Gasteiger charge is 2.18. The van der Waals surface area contributed by atoms with E-state index in [1.807, 2.05) is 0 Å². The van der Waals surface area contributed by atoms with E-state index in [4.69, 9.17) is 0 Å². The molecule has 2 heteroatoms. The molecule has 0 N–H and O–H groups in total. The molecule has 1 rings (SSSR count). The summed E-state index contributed by atoms with van der Waals surface area (Å²) in [5.74, 6) is 1.81. The summed E-state index contributed by atoms with van der Waals surface area (Å²) in [5.41, 5.74) is 0. The highest BCUT2D eigenvalue weighted by Crippen LogP contribution is 2.22. The molecule has 1 fully saturated rings. The average Bonchev–Trinajstić information content (AvgIpc) is 2.54. The second-order valence-corrected chi connectivity index (χ2v) is 5.41. The molecule has 1 aliphatic carbocycles. The van der Waals surface area contributed by atoms with Crippen molar-refractivity contribution in [2.75, 3.05) is 19.3 Å². The minimum absolute atomic E-state index is 0.779. The van der Waals surface area contributed by atoms with Gasteiger partial charge in [-0.3, -0.25) is 0 Å². The van der Waals surface area contributed by atoms with Gasteiger partial charge in [-0.05, 0) is 31.6 Å². The fraction of sp³-hybridized carbons (Fsp3) is 1.00. The fourth-order valence-corrected chi connectivity index (χ4v) is 2.94. The van der Waals surface area contributed by atoms with Gasteiger partial charge in [-0.2, -0.15) is 12.6 Å². The van der Waals surface area contributed by atoms with E-state index in [-0.39, 0.29) is 0 Å². The van der Waals surface area contributed by atoms with Crippen LogP contribution in [-0.2, 0) is 0 Å². The molecule has 0 spiro atoms. The van der Waals surface area contributed by atoms with Gasteiger partial charge in [-0.25, -0.2) is 0 Å². The SMILES string of the molecule is CCC(CS)CN(C)C1CCCCCC1. The standard InChI is InChI=1S/C13H27NS/c1-3-12(11-15)10-14(2)13-8-6-4-5-7-9-13/h12-13,15H,3-11H2,1-2H3. The van der Waals surface area contributed by atoms with Gasteiger partial charge < -0.3 is 4.90 Å². The van der Waals surface area contributed by atoms with Crippen molar-refractivity contribution in [1.82, 2.24) is 4.90 Å². The summed E-state index contributed by atoms with van der Waals surface area (Å²) in [4.78, 5) is 2.59. The van der Waals surface area contributed by atoms with Crippen molar-refractivity contribution in [1.29, 1.82) is 0 Å². The molecular weight excluding hydrogens is 202 g/mol. The van der Waals surface area contributed by atoms with Crippen molar-refractivity contribution in [2.24, 2.45) is 5.92 Å². The first-order valence-corrected chi connectivity index (χ1v) is 7.22. The van der Waals surface area contributed by atoms with Crippen LogP contribution in [0.2, 0.25) is 0 Å². The van der Waals surface area contributed by atoms with Gasteiger partial charge in [0.1, 0.15) is 0 Å². The van der Waals surface area contributed by atoms with E-state index < -0.39 is 0 Å². The molecule has 0 aromatic rings. The summed E-state index contributed by atoms with van der Waals surface area (Å²) in [6.07, 6.45) is 9.88. The Morgan fingerprint density at radius 3 is 2.27 bits per heavy atom. The van der Waals surface area contributed by atoms with E-state index in [0.29, 0.717) is 0 Å². The molecule has 90 valence electrons. The van der Waals surface area contributed by atoms with Crippen LogP contribution in [0.4, 0.5) is 0 Å². The molecule has 1 saturated carbocycles. The van der Waals surface area contributed by atoms with Gasteiger partial charge in [0.15, 0.2) is 0 Å². The van der Waals surface area contributed by atoms with E-state index >= 15 is 0 Å². The number of nitrogens with zero attached hydrogens (tertiary/aromatic N) is 1. The third-order valence-corrected chi connectivity index (χ3v) is 4.35. The second-order valence-electron chi connectivity index (χ2n) is 5.04. The van der Waals surface area contributed by atoms with E-state index in [0.717, 1.165) is 17.7 Å². The number of thiol groups is 1. The molecule has 0 amide bonds. The van der Waals surface area contributed by atoms with Gasteiger partial charge in [0.2, 0.25) is 0 Å². The topological polar surface area (TPSA) is 3.24 Å². The lowest BCUT2D eigenvalue weighted by Crippen LogP contribution is -2.35. The minimum Gasteiger partial charge on any atom is -0.303 e. The van der Waals surface area contributed by atoms with Crippen LogP contribution in [0.5, 0.6) is 0 Å². The lowest BCUT2D eigenvalue weighted by atomic mass is 10.0. The van der Waals surface area contributed by atoms with Crippen LogP contribution in [0.3, 0.4) is 0 Å². The molecule has 15 heavy (non-hydrogen) atoms. The summed E-state index contributed by atoms with van der Waals surface area (Å²) >= 11 is 4.43. The zero-order valence-corrected chi connectivity index (χ0v) is 11.3. The predicted molar refractivity (Wildman–Crippen MR) is 71.8 cm³/mol. The Morgan fingerprint density at radius 2 is 1.80 bits per heavy atom. The molecule has 1 aliphatic rings. The molecule has 0 aliphatic heterocycles. The Kier molecular flexibility index (Phi) is 6.74. The molecule has 1 nitrogen and oxygen atoms in total. The van der Waals surface area contributed by atoms with Crippen molar-refractivity contribution in [3.05, 3.63) is 0 Å². The van der Waals surface area contributed by atoms with Crippen molar-refractivity contribution in [3.63, 3.8) is 0 Å². The lowest BCUT2D eigenvalue weighted by Gasteiger charge is -2.30. The van der Waals surface area contributed by atoms with Crippen LogP contribution < -0.4 is 0 Å². The van der Waals surface area contributed by atoms with E-state index in [1.165, 1.54) is 51.5 Å². The molecular formula is C13H27NS. The molecule has 0 aromatic carbocycles. The normalized spacial score (nSPS) is 21.6. The van der Waals surface area contributed by atoms with Crippen LogP contribution in [0, 0.1) is 5.92 Å². The average molecular weight is 229 g/mol. The van der Waals surface area contributed by atoms with E-state index in [2.05, 4.69) is 31.5 Å². The van der Waals surface area contributed by atoms with Gasteiger partial charge in [0.05, 0.1) is 0 Å². The third-order valence-electron chi connectivity index (χ3n) is 3.83. The largest absolute Gasteiger partial charge is 0.303 e. The van der Waals surface area contributed by atoms with Crippen LogP contribution >= 0.6 is 12.6 Å². The number of hydrogen-bond acceptors (Lipinski definition) is 2. The Hall–Kier alpha value is 0.310. The summed E-state index contributed by atoms with van der Waals surface area (Å²) in [6, 6.07) is 0.849. The quantitative estimate of drug-likeness (QED) is 0.557. The third kappa shape index (κ3) is 4.78. The number of rotatable bonds is 5. The molecule has 0 radical (unpaired) electrons. The van der Waals surface area contributed by atoms with E-state index in [9.17, 15) is 0 Å². The van der Waals surface area contributed by atoms with Gasteiger partial charge in [-0.15, -0.1) is 0 Å². The fourth-order valence-electron chi connectivity index (χ4n) is 2.57. The van der Waals surface area contributed by atoms with Crippen LogP contribution in [-0.4, -0.2) is 30.3 Å². The summed E-state index contributed by atoms with van der Waals surface area (Å²) < 4.78 is 0.